The molecule has 1 aliphatic rings. The molecule has 1 aromatic heterocycles. The maximum atomic E-state index is 12.3. The minimum Gasteiger partial charge on any atom is -0.308 e. The van der Waals surface area contributed by atoms with E-state index < -0.39 is 0 Å². The van der Waals surface area contributed by atoms with Crippen molar-refractivity contribution in [2.45, 2.75) is 51.1 Å². The first-order valence-electron chi connectivity index (χ1n) is 7.65. The Morgan fingerprint density at radius 3 is 2.86 bits per heavy atom. The second-order valence-electron chi connectivity index (χ2n) is 5.74. The fraction of sp³-hybridized carbons (Fsp3) is 0.500. The first-order chi connectivity index (χ1) is 10.2. The molecule has 1 unspecified atom stereocenters. The van der Waals surface area contributed by atoms with Crippen molar-refractivity contribution in [1.82, 2.24) is 9.69 Å². The molecule has 0 spiro atoms. The number of amides is 1. The first kappa shape index (κ1) is 14.5. The van der Waals surface area contributed by atoms with Gasteiger partial charge >= 0.3 is 0 Å². The average molecular weight is 303 g/mol. The van der Waals surface area contributed by atoms with Gasteiger partial charge in [-0.15, -0.1) is 0 Å². The number of carbonyl (C=O) groups is 1. The molecule has 1 atom stereocenters. The molecule has 21 heavy (non-hydrogen) atoms. The molecule has 0 saturated heterocycles. The molecule has 1 saturated carbocycles. The molecule has 4 nitrogen and oxygen atoms in total. The van der Waals surface area contributed by atoms with Gasteiger partial charge in [0.2, 0.25) is 5.91 Å². The number of hydrogen-bond acceptors (Lipinski definition) is 4. The Labute approximate surface area is 129 Å². The van der Waals surface area contributed by atoms with Gasteiger partial charge in [0.1, 0.15) is 0 Å². The highest BCUT2D eigenvalue weighted by atomic mass is 32.1. The smallest absolute Gasteiger partial charge is 0.242 e. The Hall–Kier alpha value is -1.46. The highest BCUT2D eigenvalue weighted by Gasteiger charge is 2.20. The summed E-state index contributed by atoms with van der Waals surface area (Å²) in [6.07, 6.45) is 6.21. The van der Waals surface area contributed by atoms with Gasteiger partial charge in [-0.3, -0.25) is 4.79 Å². The molecule has 2 aromatic rings. The topological polar surface area (TPSA) is 54.0 Å². The van der Waals surface area contributed by atoms with Crippen LogP contribution in [0.25, 0.3) is 10.1 Å². The van der Waals surface area contributed by atoms with Crippen LogP contribution in [0.4, 0.5) is 5.82 Å². The van der Waals surface area contributed by atoms with Crippen LogP contribution in [0.3, 0.4) is 0 Å². The Kier molecular flexibility index (Phi) is 4.51. The van der Waals surface area contributed by atoms with Gasteiger partial charge in [0, 0.05) is 11.4 Å². The predicted molar refractivity (Wildman–Crippen MR) is 87.7 cm³/mol. The van der Waals surface area contributed by atoms with Crippen LogP contribution in [0.15, 0.2) is 24.3 Å². The summed E-state index contributed by atoms with van der Waals surface area (Å²) < 4.78 is 5.44. The Morgan fingerprint density at radius 2 is 2.05 bits per heavy atom. The van der Waals surface area contributed by atoms with E-state index in [2.05, 4.69) is 15.0 Å². The lowest BCUT2D eigenvalue weighted by Gasteiger charge is -2.25. The fourth-order valence-electron chi connectivity index (χ4n) is 2.90. The van der Waals surface area contributed by atoms with E-state index in [1.807, 2.05) is 31.2 Å². The normalized spacial score (nSPS) is 17.8. The molecular weight excluding hydrogens is 282 g/mol. The molecule has 1 fully saturated rings. The number of nitrogens with zero attached hydrogens (tertiary/aromatic N) is 1. The van der Waals surface area contributed by atoms with E-state index in [0.29, 0.717) is 11.9 Å². The zero-order valence-electron chi connectivity index (χ0n) is 12.3. The third-order valence-corrected chi connectivity index (χ3v) is 4.93. The van der Waals surface area contributed by atoms with E-state index in [0.717, 1.165) is 10.1 Å². The number of hydrogen-bond donors (Lipinski definition) is 2. The number of benzene rings is 1. The maximum Gasteiger partial charge on any atom is 0.242 e. The van der Waals surface area contributed by atoms with Crippen molar-refractivity contribution in [1.29, 1.82) is 0 Å². The predicted octanol–water partition coefficient (Wildman–Crippen LogP) is 3.55. The number of rotatable bonds is 4. The van der Waals surface area contributed by atoms with Crippen LogP contribution in [-0.2, 0) is 4.79 Å². The Balaban J connectivity index is 1.62. The van der Waals surface area contributed by atoms with E-state index in [9.17, 15) is 4.79 Å². The molecule has 1 amide bonds. The minimum atomic E-state index is -0.187. The fourth-order valence-corrected chi connectivity index (χ4v) is 3.64. The average Bonchev–Trinajstić information content (AvgIpc) is 2.91. The van der Waals surface area contributed by atoms with Crippen LogP contribution in [0, 0.1) is 0 Å². The molecule has 2 N–H and O–H groups in total. The summed E-state index contributed by atoms with van der Waals surface area (Å²) in [6.45, 7) is 1.93. The third-order valence-electron chi connectivity index (χ3n) is 4.10. The van der Waals surface area contributed by atoms with E-state index >= 15 is 0 Å². The second-order valence-corrected chi connectivity index (χ2v) is 6.54. The number of fused-ring (bicyclic) bond motifs is 1. The summed E-state index contributed by atoms with van der Waals surface area (Å²) in [6, 6.07) is 8.26. The lowest BCUT2D eigenvalue weighted by molar-refractivity contribution is -0.118. The number of carbonyl (C=O) groups excluding carboxylic acids is 1. The van der Waals surface area contributed by atoms with Gasteiger partial charge in [-0.2, -0.15) is 4.37 Å². The quantitative estimate of drug-likeness (QED) is 0.908. The summed E-state index contributed by atoms with van der Waals surface area (Å²) in [5, 5.41) is 7.41. The van der Waals surface area contributed by atoms with Crippen molar-refractivity contribution in [2.24, 2.45) is 0 Å². The second kappa shape index (κ2) is 6.54. The van der Waals surface area contributed by atoms with Gasteiger partial charge < -0.3 is 10.6 Å². The standard InChI is InChI=1S/C16H21N3OS/c1-11(17-12-7-3-2-4-8-12)16(20)18-15-13-9-5-6-10-14(13)21-19-15/h5-6,9-12,17H,2-4,7-8H2,1H3,(H,18,19,20). The van der Waals surface area contributed by atoms with Crippen LogP contribution >= 0.6 is 11.5 Å². The lowest BCUT2D eigenvalue weighted by Crippen LogP contribution is -2.44. The van der Waals surface area contributed by atoms with Crippen LogP contribution in [-0.4, -0.2) is 22.4 Å². The largest absolute Gasteiger partial charge is 0.308 e. The molecule has 1 aliphatic carbocycles. The van der Waals surface area contributed by atoms with Gasteiger partial charge in [-0.05, 0) is 43.4 Å². The third kappa shape index (κ3) is 3.41. The highest BCUT2D eigenvalue weighted by molar-refractivity contribution is 7.13. The molecule has 0 bridgehead atoms. The van der Waals surface area contributed by atoms with Crippen molar-refractivity contribution < 1.29 is 4.79 Å². The Bertz CT molecular complexity index is 619. The van der Waals surface area contributed by atoms with Crippen LogP contribution in [0.2, 0.25) is 0 Å². The van der Waals surface area contributed by atoms with Crippen LogP contribution < -0.4 is 10.6 Å². The van der Waals surface area contributed by atoms with Gasteiger partial charge in [0.05, 0.1) is 10.7 Å². The van der Waals surface area contributed by atoms with Crippen molar-refractivity contribution in [3.05, 3.63) is 24.3 Å². The van der Waals surface area contributed by atoms with Crippen molar-refractivity contribution in [3.63, 3.8) is 0 Å². The first-order valence-corrected chi connectivity index (χ1v) is 8.43. The number of anilines is 1. The van der Waals surface area contributed by atoms with Gasteiger partial charge in [-0.25, -0.2) is 0 Å². The van der Waals surface area contributed by atoms with Crippen molar-refractivity contribution >= 4 is 33.3 Å². The SMILES string of the molecule is CC(NC1CCCCC1)C(=O)Nc1nsc2ccccc12. The maximum absolute atomic E-state index is 12.3. The lowest BCUT2D eigenvalue weighted by atomic mass is 9.95. The summed E-state index contributed by atoms with van der Waals surface area (Å²) in [4.78, 5) is 12.3. The molecule has 0 aliphatic heterocycles. The molecule has 1 heterocycles. The summed E-state index contributed by atoms with van der Waals surface area (Å²) in [5.74, 6) is 0.675. The van der Waals surface area contributed by atoms with Gasteiger partial charge in [-0.1, -0.05) is 31.4 Å². The molecular formula is C16H21N3OS. The summed E-state index contributed by atoms with van der Waals surface area (Å²) in [7, 11) is 0. The molecule has 112 valence electrons. The molecule has 5 heteroatoms. The van der Waals surface area contributed by atoms with Crippen molar-refractivity contribution in [2.75, 3.05) is 5.32 Å². The van der Waals surface area contributed by atoms with Crippen molar-refractivity contribution in [3.8, 4) is 0 Å². The molecule has 1 aromatic carbocycles. The zero-order valence-corrected chi connectivity index (χ0v) is 13.1. The zero-order chi connectivity index (χ0) is 14.7. The monoisotopic (exact) mass is 303 g/mol. The van der Waals surface area contributed by atoms with Gasteiger partial charge in [0.25, 0.3) is 0 Å². The van der Waals surface area contributed by atoms with E-state index in [1.165, 1.54) is 43.6 Å². The summed E-state index contributed by atoms with van der Waals surface area (Å²) in [5.41, 5.74) is 0. The number of aromatic nitrogens is 1. The van der Waals surface area contributed by atoms with E-state index in [1.54, 1.807) is 0 Å². The van der Waals surface area contributed by atoms with E-state index in [-0.39, 0.29) is 11.9 Å². The Morgan fingerprint density at radius 1 is 1.29 bits per heavy atom. The number of nitrogens with one attached hydrogen (secondary N) is 2. The van der Waals surface area contributed by atoms with Crippen LogP contribution in [0.1, 0.15) is 39.0 Å². The van der Waals surface area contributed by atoms with Crippen LogP contribution in [0.5, 0.6) is 0 Å². The minimum absolute atomic E-state index is 0.00312. The van der Waals surface area contributed by atoms with E-state index in [4.69, 9.17) is 0 Å². The summed E-state index contributed by atoms with van der Waals surface area (Å²) >= 11 is 1.42. The van der Waals surface area contributed by atoms with Gasteiger partial charge in [0.15, 0.2) is 5.82 Å². The molecule has 3 rings (SSSR count). The molecule has 0 radical (unpaired) electrons. The highest BCUT2D eigenvalue weighted by Crippen LogP contribution is 2.26.